The van der Waals surface area contributed by atoms with Crippen LogP contribution in [0.5, 0.6) is 0 Å². The Morgan fingerprint density at radius 3 is 2.52 bits per heavy atom. The van der Waals surface area contributed by atoms with Gasteiger partial charge in [0.15, 0.2) is 0 Å². The molecule has 0 atom stereocenters. The van der Waals surface area contributed by atoms with Crippen LogP contribution in [0, 0.1) is 25.2 Å². The lowest BCUT2D eigenvalue weighted by Gasteiger charge is -2.22. The van der Waals surface area contributed by atoms with Crippen molar-refractivity contribution in [1.29, 1.82) is 5.26 Å². The van der Waals surface area contributed by atoms with Gasteiger partial charge in [-0.3, -0.25) is 9.48 Å². The summed E-state index contributed by atoms with van der Waals surface area (Å²) in [6.07, 6.45) is 0.291. The van der Waals surface area contributed by atoms with Crippen molar-refractivity contribution in [3.05, 3.63) is 47.3 Å². The van der Waals surface area contributed by atoms with Crippen LogP contribution >= 0.6 is 0 Å². The maximum absolute atomic E-state index is 12.9. The van der Waals surface area contributed by atoms with Gasteiger partial charge in [-0.2, -0.15) is 10.4 Å². The van der Waals surface area contributed by atoms with Crippen LogP contribution in [0.15, 0.2) is 30.3 Å². The van der Waals surface area contributed by atoms with Crippen molar-refractivity contribution in [3.63, 3.8) is 0 Å². The van der Waals surface area contributed by atoms with E-state index in [9.17, 15) is 4.79 Å². The van der Waals surface area contributed by atoms with Gasteiger partial charge < -0.3 is 4.90 Å². The smallest absolute Gasteiger partial charge is 0.262 e. The maximum Gasteiger partial charge on any atom is 0.262 e. The molecule has 1 aromatic carbocycles. The Kier molecular flexibility index (Phi) is 4.39. The first-order chi connectivity index (χ1) is 10.1. The molecule has 0 saturated heterocycles. The van der Waals surface area contributed by atoms with E-state index in [1.807, 2.05) is 51.2 Å². The van der Waals surface area contributed by atoms with Crippen LogP contribution in [0.3, 0.4) is 0 Å². The van der Waals surface area contributed by atoms with Gasteiger partial charge in [0.1, 0.15) is 0 Å². The summed E-state index contributed by atoms with van der Waals surface area (Å²) in [5.74, 6) is -0.112. The van der Waals surface area contributed by atoms with Gasteiger partial charge in [-0.25, -0.2) is 0 Å². The lowest BCUT2D eigenvalue weighted by molar-refractivity contribution is 0.0986. The van der Waals surface area contributed by atoms with Crippen LogP contribution in [0.4, 0.5) is 5.69 Å². The molecule has 0 aliphatic rings. The van der Waals surface area contributed by atoms with Crippen LogP contribution in [0.25, 0.3) is 0 Å². The highest BCUT2D eigenvalue weighted by molar-refractivity contribution is 6.07. The van der Waals surface area contributed by atoms with Crippen molar-refractivity contribution in [2.75, 3.05) is 11.4 Å². The molecule has 2 rings (SSSR count). The molecule has 0 bridgehead atoms. The molecule has 0 fully saturated rings. The summed E-state index contributed by atoms with van der Waals surface area (Å²) in [6.45, 7) is 4.07. The van der Waals surface area contributed by atoms with E-state index < -0.39 is 0 Å². The minimum Gasteiger partial charge on any atom is -0.307 e. The van der Waals surface area contributed by atoms with E-state index in [2.05, 4.69) is 11.2 Å². The highest BCUT2D eigenvalue weighted by Crippen LogP contribution is 2.21. The van der Waals surface area contributed by atoms with Crippen molar-refractivity contribution >= 4 is 11.6 Å². The van der Waals surface area contributed by atoms with Gasteiger partial charge in [-0.1, -0.05) is 18.2 Å². The Labute approximate surface area is 124 Å². The minimum absolute atomic E-state index is 0.112. The summed E-state index contributed by atoms with van der Waals surface area (Å²) in [6, 6.07) is 11.5. The number of para-hydroxylation sites is 1. The number of aryl methyl sites for hydroxylation is 2. The fourth-order valence-electron chi connectivity index (χ4n) is 2.34. The standard InChI is InChI=1S/C16H18N4O/c1-12-15(13(2)19(3)18-12)16(21)20(11-7-10-17)14-8-5-4-6-9-14/h4-6,8-9H,7,11H2,1-3H3. The van der Waals surface area contributed by atoms with Gasteiger partial charge in [0, 0.05) is 25.0 Å². The maximum atomic E-state index is 12.9. The van der Waals surface area contributed by atoms with E-state index in [1.54, 1.807) is 9.58 Å². The first kappa shape index (κ1) is 14.8. The van der Waals surface area contributed by atoms with Crippen LogP contribution in [-0.4, -0.2) is 22.2 Å². The van der Waals surface area contributed by atoms with E-state index in [4.69, 9.17) is 5.26 Å². The van der Waals surface area contributed by atoms with Crippen LogP contribution < -0.4 is 4.90 Å². The average Bonchev–Trinajstić information content (AvgIpc) is 2.73. The molecule has 0 aliphatic carbocycles. The third kappa shape index (κ3) is 2.95. The van der Waals surface area contributed by atoms with Crippen molar-refractivity contribution < 1.29 is 4.79 Å². The second-order valence-electron chi connectivity index (χ2n) is 4.87. The highest BCUT2D eigenvalue weighted by atomic mass is 16.2. The van der Waals surface area contributed by atoms with Crippen molar-refractivity contribution in [2.24, 2.45) is 7.05 Å². The molecule has 1 heterocycles. The SMILES string of the molecule is Cc1nn(C)c(C)c1C(=O)N(CCC#N)c1ccccc1. The van der Waals surface area contributed by atoms with Crippen molar-refractivity contribution in [1.82, 2.24) is 9.78 Å². The van der Waals surface area contributed by atoms with Gasteiger partial charge in [0.05, 0.1) is 23.7 Å². The fraction of sp³-hybridized carbons (Fsp3) is 0.312. The topological polar surface area (TPSA) is 61.9 Å². The second-order valence-corrected chi connectivity index (χ2v) is 4.87. The number of anilines is 1. The number of hydrogen-bond donors (Lipinski definition) is 0. The van der Waals surface area contributed by atoms with E-state index in [0.717, 1.165) is 11.4 Å². The molecule has 0 N–H and O–H groups in total. The Bertz CT molecular complexity index is 682. The zero-order valence-corrected chi connectivity index (χ0v) is 12.5. The summed E-state index contributed by atoms with van der Waals surface area (Å²) in [5.41, 5.74) is 2.94. The Morgan fingerprint density at radius 2 is 2.00 bits per heavy atom. The van der Waals surface area contributed by atoms with E-state index >= 15 is 0 Å². The normalized spacial score (nSPS) is 10.2. The Hall–Kier alpha value is -2.61. The molecule has 108 valence electrons. The zero-order chi connectivity index (χ0) is 15.4. The molecule has 2 aromatic rings. The molecule has 0 radical (unpaired) electrons. The van der Waals surface area contributed by atoms with Gasteiger partial charge in [0.2, 0.25) is 0 Å². The number of benzene rings is 1. The molecule has 5 nitrogen and oxygen atoms in total. The minimum atomic E-state index is -0.112. The molecule has 0 unspecified atom stereocenters. The van der Waals surface area contributed by atoms with Gasteiger partial charge in [-0.15, -0.1) is 0 Å². The van der Waals surface area contributed by atoms with Gasteiger partial charge in [0.25, 0.3) is 5.91 Å². The summed E-state index contributed by atoms with van der Waals surface area (Å²) in [7, 11) is 1.82. The van der Waals surface area contributed by atoms with Crippen LogP contribution in [0.1, 0.15) is 28.2 Å². The van der Waals surface area contributed by atoms with E-state index in [1.165, 1.54) is 0 Å². The average molecular weight is 282 g/mol. The molecule has 1 amide bonds. The lowest BCUT2D eigenvalue weighted by Crippen LogP contribution is -2.32. The summed E-state index contributed by atoms with van der Waals surface area (Å²) >= 11 is 0. The molecule has 0 spiro atoms. The fourth-order valence-corrected chi connectivity index (χ4v) is 2.34. The molecule has 0 saturated carbocycles. The largest absolute Gasteiger partial charge is 0.307 e. The van der Waals surface area contributed by atoms with Gasteiger partial charge >= 0.3 is 0 Å². The number of nitriles is 1. The zero-order valence-electron chi connectivity index (χ0n) is 12.5. The third-order valence-corrected chi connectivity index (χ3v) is 3.48. The van der Waals surface area contributed by atoms with E-state index in [-0.39, 0.29) is 5.91 Å². The quantitative estimate of drug-likeness (QED) is 0.866. The summed E-state index contributed by atoms with van der Waals surface area (Å²) in [5, 5.41) is 13.1. The first-order valence-corrected chi connectivity index (χ1v) is 6.80. The second kappa shape index (κ2) is 6.23. The predicted molar refractivity (Wildman–Crippen MR) is 81.0 cm³/mol. The third-order valence-electron chi connectivity index (χ3n) is 3.48. The highest BCUT2D eigenvalue weighted by Gasteiger charge is 2.23. The van der Waals surface area contributed by atoms with Crippen LogP contribution in [-0.2, 0) is 7.05 Å². The number of amides is 1. The molecule has 0 aliphatic heterocycles. The predicted octanol–water partition coefficient (Wildman–Crippen LogP) is 2.60. The van der Waals surface area contributed by atoms with E-state index in [0.29, 0.717) is 24.2 Å². The van der Waals surface area contributed by atoms with Crippen molar-refractivity contribution in [3.8, 4) is 6.07 Å². The monoisotopic (exact) mass is 282 g/mol. The lowest BCUT2D eigenvalue weighted by atomic mass is 10.1. The van der Waals surface area contributed by atoms with Crippen molar-refractivity contribution in [2.45, 2.75) is 20.3 Å². The molecular formula is C16H18N4O. The molecule has 21 heavy (non-hydrogen) atoms. The number of aromatic nitrogens is 2. The molecule has 5 heteroatoms. The summed E-state index contributed by atoms with van der Waals surface area (Å²) in [4.78, 5) is 14.5. The molecule has 1 aromatic heterocycles. The number of carbonyl (C=O) groups is 1. The first-order valence-electron chi connectivity index (χ1n) is 6.80. The summed E-state index contributed by atoms with van der Waals surface area (Å²) < 4.78 is 1.70. The molecular weight excluding hydrogens is 264 g/mol. The number of rotatable bonds is 4. The number of carbonyl (C=O) groups excluding carboxylic acids is 1. The number of nitrogens with zero attached hydrogens (tertiary/aromatic N) is 4. The Morgan fingerprint density at radius 1 is 1.33 bits per heavy atom. The van der Waals surface area contributed by atoms with Crippen LogP contribution in [0.2, 0.25) is 0 Å². The number of hydrogen-bond acceptors (Lipinski definition) is 3. The Balaban J connectivity index is 2.42. The van der Waals surface area contributed by atoms with Gasteiger partial charge in [-0.05, 0) is 26.0 Å².